The molecule has 2 rings (SSSR count). The molecule has 0 aliphatic rings. The Morgan fingerprint density at radius 2 is 1.80 bits per heavy atom. The zero-order valence-corrected chi connectivity index (χ0v) is 12.8. The van der Waals surface area contributed by atoms with Gasteiger partial charge in [-0.1, -0.05) is 12.1 Å². The molecule has 2 aromatic rings. The van der Waals surface area contributed by atoms with E-state index in [1.165, 1.54) is 18.2 Å². The lowest BCUT2D eigenvalue weighted by molar-refractivity contribution is 0.282. The molecule has 0 fully saturated rings. The van der Waals surface area contributed by atoms with Crippen LogP contribution >= 0.6 is 15.9 Å². The van der Waals surface area contributed by atoms with Crippen molar-refractivity contribution in [3.63, 3.8) is 0 Å². The monoisotopic (exact) mass is 356 g/mol. The van der Waals surface area contributed by atoms with E-state index in [2.05, 4.69) is 20.7 Å². The largest absolute Gasteiger partial charge is 0.398 e. The fraction of sp³-hybridized carbons (Fsp3) is 0.0769. The zero-order chi connectivity index (χ0) is 14.8. The van der Waals surface area contributed by atoms with Crippen molar-refractivity contribution in [3.05, 3.63) is 52.5 Å². The van der Waals surface area contributed by atoms with Crippen molar-refractivity contribution in [3.8, 4) is 0 Å². The van der Waals surface area contributed by atoms with Crippen molar-refractivity contribution < 1.29 is 13.5 Å². The van der Waals surface area contributed by atoms with Crippen LogP contribution in [0, 0.1) is 0 Å². The molecule has 0 bridgehead atoms. The summed E-state index contributed by atoms with van der Waals surface area (Å²) in [6, 6.07) is 10.9. The van der Waals surface area contributed by atoms with E-state index in [1.807, 2.05) is 0 Å². The van der Waals surface area contributed by atoms with Crippen LogP contribution in [0.5, 0.6) is 0 Å². The van der Waals surface area contributed by atoms with E-state index in [0.717, 1.165) is 0 Å². The van der Waals surface area contributed by atoms with Gasteiger partial charge >= 0.3 is 0 Å². The Bertz CT molecular complexity index is 715. The van der Waals surface area contributed by atoms with Crippen LogP contribution in [0.4, 0.5) is 11.4 Å². The highest BCUT2D eigenvalue weighted by Gasteiger charge is 2.15. The summed E-state index contributed by atoms with van der Waals surface area (Å²) >= 11 is 3.20. The summed E-state index contributed by atoms with van der Waals surface area (Å²) in [5.41, 5.74) is 7.24. The van der Waals surface area contributed by atoms with Crippen LogP contribution in [0.3, 0.4) is 0 Å². The Balaban J connectivity index is 2.27. The Labute approximate surface area is 125 Å². The van der Waals surface area contributed by atoms with Crippen LogP contribution in [0.1, 0.15) is 5.56 Å². The first-order valence-corrected chi connectivity index (χ1v) is 7.97. The lowest BCUT2D eigenvalue weighted by atomic mass is 10.2. The number of hydrogen-bond donors (Lipinski definition) is 3. The van der Waals surface area contributed by atoms with Crippen molar-refractivity contribution >= 4 is 37.3 Å². The molecule has 106 valence electrons. The van der Waals surface area contributed by atoms with Crippen molar-refractivity contribution in [2.75, 3.05) is 10.5 Å². The number of hydrogen-bond acceptors (Lipinski definition) is 4. The number of nitrogen functional groups attached to an aromatic ring is 1. The minimum Gasteiger partial charge on any atom is -0.398 e. The van der Waals surface area contributed by atoms with Gasteiger partial charge in [0.2, 0.25) is 0 Å². The molecule has 0 atom stereocenters. The van der Waals surface area contributed by atoms with Gasteiger partial charge in [-0.2, -0.15) is 0 Å². The third-order valence-corrected chi connectivity index (χ3v) is 4.74. The first-order valence-electron chi connectivity index (χ1n) is 5.70. The molecule has 20 heavy (non-hydrogen) atoms. The van der Waals surface area contributed by atoms with E-state index < -0.39 is 10.0 Å². The van der Waals surface area contributed by atoms with Gasteiger partial charge in [0.1, 0.15) is 0 Å². The topological polar surface area (TPSA) is 92.4 Å². The van der Waals surface area contributed by atoms with Crippen molar-refractivity contribution in [2.45, 2.75) is 11.5 Å². The Morgan fingerprint density at radius 3 is 2.35 bits per heavy atom. The number of anilines is 2. The number of aliphatic hydroxyl groups is 1. The van der Waals surface area contributed by atoms with Crippen molar-refractivity contribution in [2.24, 2.45) is 0 Å². The van der Waals surface area contributed by atoms with Crippen LogP contribution in [-0.2, 0) is 16.6 Å². The van der Waals surface area contributed by atoms with Crippen LogP contribution in [0.25, 0.3) is 0 Å². The highest BCUT2D eigenvalue weighted by atomic mass is 79.9. The van der Waals surface area contributed by atoms with Gasteiger partial charge < -0.3 is 10.8 Å². The van der Waals surface area contributed by atoms with Gasteiger partial charge in [-0.3, -0.25) is 4.72 Å². The van der Waals surface area contributed by atoms with Crippen LogP contribution in [0.2, 0.25) is 0 Å². The lowest BCUT2D eigenvalue weighted by Gasteiger charge is -2.09. The minimum atomic E-state index is -3.67. The van der Waals surface area contributed by atoms with Gasteiger partial charge in [0.25, 0.3) is 10.0 Å². The van der Waals surface area contributed by atoms with Gasteiger partial charge in [0.05, 0.1) is 11.5 Å². The highest BCUT2D eigenvalue weighted by Crippen LogP contribution is 2.24. The molecule has 7 heteroatoms. The first kappa shape index (κ1) is 14.8. The van der Waals surface area contributed by atoms with E-state index in [0.29, 0.717) is 21.4 Å². The SMILES string of the molecule is Nc1ccc(S(=O)(=O)Nc2ccc(CO)cc2)cc1Br. The summed E-state index contributed by atoms with van der Waals surface area (Å²) in [4.78, 5) is 0.116. The zero-order valence-electron chi connectivity index (χ0n) is 10.4. The van der Waals surface area contributed by atoms with Crippen LogP contribution in [0.15, 0.2) is 51.8 Å². The predicted octanol–water partition coefficient (Wildman–Crippen LogP) is 2.32. The molecule has 0 unspecified atom stereocenters. The van der Waals surface area contributed by atoms with E-state index >= 15 is 0 Å². The number of sulfonamides is 1. The molecule has 5 nitrogen and oxygen atoms in total. The number of aliphatic hydroxyl groups excluding tert-OH is 1. The van der Waals surface area contributed by atoms with Gasteiger partial charge in [-0.25, -0.2) is 8.42 Å². The van der Waals surface area contributed by atoms with Gasteiger partial charge in [0, 0.05) is 15.8 Å². The molecule has 0 aliphatic heterocycles. The smallest absolute Gasteiger partial charge is 0.261 e. The number of rotatable bonds is 4. The number of nitrogens with one attached hydrogen (secondary N) is 1. The highest BCUT2D eigenvalue weighted by molar-refractivity contribution is 9.10. The Kier molecular flexibility index (Phi) is 4.32. The maximum absolute atomic E-state index is 12.2. The maximum Gasteiger partial charge on any atom is 0.261 e. The average molecular weight is 357 g/mol. The minimum absolute atomic E-state index is 0.0854. The standard InChI is InChI=1S/C13H13BrN2O3S/c14-12-7-11(5-6-13(12)15)20(18,19)16-10-3-1-9(8-17)2-4-10/h1-7,16-17H,8,15H2. The summed E-state index contributed by atoms with van der Waals surface area (Å²) in [6.07, 6.45) is 0. The van der Waals surface area contributed by atoms with Crippen LogP contribution in [-0.4, -0.2) is 13.5 Å². The molecule has 0 saturated heterocycles. The second-order valence-electron chi connectivity index (χ2n) is 4.14. The third kappa shape index (κ3) is 3.30. The number of benzene rings is 2. The molecule has 0 heterocycles. The molecule has 0 spiro atoms. The normalized spacial score (nSPS) is 11.3. The lowest BCUT2D eigenvalue weighted by Crippen LogP contribution is -2.13. The average Bonchev–Trinajstić information content (AvgIpc) is 2.42. The van der Waals surface area contributed by atoms with E-state index in [9.17, 15) is 8.42 Å². The van der Waals surface area contributed by atoms with Crippen molar-refractivity contribution in [1.82, 2.24) is 0 Å². The summed E-state index contributed by atoms with van der Waals surface area (Å²) in [6.45, 7) is -0.0854. The third-order valence-electron chi connectivity index (χ3n) is 2.67. The van der Waals surface area contributed by atoms with Crippen LogP contribution < -0.4 is 10.5 Å². The molecular formula is C13H13BrN2O3S. The van der Waals surface area contributed by atoms with E-state index in [1.54, 1.807) is 24.3 Å². The van der Waals surface area contributed by atoms with E-state index in [4.69, 9.17) is 10.8 Å². The second kappa shape index (κ2) is 5.82. The van der Waals surface area contributed by atoms with E-state index in [-0.39, 0.29) is 11.5 Å². The molecule has 0 aromatic heterocycles. The Hall–Kier alpha value is -1.57. The summed E-state index contributed by atoms with van der Waals surface area (Å²) < 4.78 is 27.4. The molecule has 0 radical (unpaired) electrons. The van der Waals surface area contributed by atoms with Gasteiger partial charge in [0.15, 0.2) is 0 Å². The summed E-state index contributed by atoms with van der Waals surface area (Å²) in [7, 11) is -3.67. The molecule has 0 amide bonds. The number of halogens is 1. The molecule has 2 aromatic carbocycles. The molecule has 0 saturated carbocycles. The maximum atomic E-state index is 12.2. The van der Waals surface area contributed by atoms with Gasteiger partial charge in [-0.15, -0.1) is 0 Å². The predicted molar refractivity (Wildman–Crippen MR) is 81.7 cm³/mol. The fourth-order valence-electron chi connectivity index (χ4n) is 1.57. The fourth-order valence-corrected chi connectivity index (χ4v) is 3.18. The second-order valence-corrected chi connectivity index (χ2v) is 6.68. The van der Waals surface area contributed by atoms with Gasteiger partial charge in [-0.05, 0) is 51.8 Å². The first-order chi connectivity index (χ1) is 9.42. The number of nitrogens with two attached hydrogens (primary N) is 1. The van der Waals surface area contributed by atoms with Crippen molar-refractivity contribution in [1.29, 1.82) is 0 Å². The Morgan fingerprint density at radius 1 is 1.15 bits per heavy atom. The summed E-state index contributed by atoms with van der Waals surface area (Å²) in [5, 5.41) is 8.94. The molecular weight excluding hydrogens is 344 g/mol. The molecule has 0 aliphatic carbocycles. The molecule has 4 N–H and O–H groups in total. The quantitative estimate of drug-likeness (QED) is 0.733. The summed E-state index contributed by atoms with van der Waals surface area (Å²) in [5.74, 6) is 0.